The second kappa shape index (κ2) is 14.9. The van der Waals surface area contributed by atoms with Gasteiger partial charge in [-0.2, -0.15) is 0 Å². The fourth-order valence-corrected chi connectivity index (χ4v) is 4.75. The third kappa shape index (κ3) is 9.20. The Hall–Kier alpha value is -0.103. The largest absolute Gasteiger partial charge is 0.683 e. The quantitative estimate of drug-likeness (QED) is 0.267. The van der Waals surface area contributed by atoms with E-state index in [0.29, 0.717) is 52.5 Å². The molecule has 0 fully saturated rings. The summed E-state index contributed by atoms with van der Waals surface area (Å²) in [6.07, 6.45) is 2.08. The monoisotopic (exact) mass is 396 g/mol. The summed E-state index contributed by atoms with van der Waals surface area (Å²) in [5, 5.41) is 0. The number of rotatable bonds is 18. The van der Waals surface area contributed by atoms with E-state index in [2.05, 4.69) is 0 Å². The van der Waals surface area contributed by atoms with E-state index in [1.807, 2.05) is 34.6 Å². The van der Waals surface area contributed by atoms with Crippen molar-refractivity contribution in [2.45, 2.75) is 59.9 Å². The van der Waals surface area contributed by atoms with Crippen LogP contribution in [0.4, 0.5) is 0 Å². The van der Waals surface area contributed by atoms with Gasteiger partial charge in [0.1, 0.15) is 0 Å². The molecule has 0 aromatic rings. The summed E-state index contributed by atoms with van der Waals surface area (Å²) in [5.74, 6) is -1.02. The molecule has 0 aliphatic heterocycles. The second-order valence-corrected chi connectivity index (χ2v) is 7.74. The van der Waals surface area contributed by atoms with Gasteiger partial charge in [0.25, 0.3) is 5.97 Å². The van der Waals surface area contributed by atoms with Gasteiger partial charge >= 0.3 is 9.05 Å². The molecule has 0 aromatic heterocycles. The molecule has 0 saturated heterocycles. The molecule has 0 amide bonds. The lowest BCUT2D eigenvalue weighted by Gasteiger charge is -2.39. The summed E-state index contributed by atoms with van der Waals surface area (Å²) in [6, 6.07) is 0. The summed E-state index contributed by atoms with van der Waals surface area (Å²) >= 11 is 0. The average molecular weight is 397 g/mol. The normalized spacial score (nSPS) is 14.0. The van der Waals surface area contributed by atoms with Gasteiger partial charge in [-0.25, -0.2) is 0 Å². The van der Waals surface area contributed by atoms with Crippen LogP contribution >= 0.6 is 0 Å². The minimum Gasteiger partial charge on any atom is -0.351 e. The van der Waals surface area contributed by atoms with Crippen molar-refractivity contribution >= 4 is 9.05 Å². The van der Waals surface area contributed by atoms with Crippen LogP contribution in [-0.2, 0) is 27.2 Å². The first-order valence-corrected chi connectivity index (χ1v) is 11.4. The van der Waals surface area contributed by atoms with E-state index in [1.54, 1.807) is 0 Å². The lowest BCUT2D eigenvalue weighted by molar-refractivity contribution is -0.367. The fraction of sp³-hybridized carbons (Fsp3) is 1.00. The predicted octanol–water partition coefficient (Wildman–Crippen LogP) is 1.98. The summed E-state index contributed by atoms with van der Waals surface area (Å²) in [7, 11) is -3.41. The SMILES string of the molecule is CCOC(CCC(CN)CCN)(OCC)O[Si](OCC)(OCC)OCC. The van der Waals surface area contributed by atoms with E-state index >= 15 is 0 Å². The van der Waals surface area contributed by atoms with E-state index in [0.717, 1.165) is 12.8 Å². The van der Waals surface area contributed by atoms with Gasteiger partial charge in [-0.3, -0.25) is 4.43 Å². The molecule has 0 bridgehead atoms. The van der Waals surface area contributed by atoms with Crippen LogP contribution in [0.15, 0.2) is 0 Å². The van der Waals surface area contributed by atoms with Crippen LogP contribution in [0.2, 0.25) is 0 Å². The molecule has 4 N–H and O–H groups in total. The van der Waals surface area contributed by atoms with Crippen molar-refractivity contribution in [1.29, 1.82) is 0 Å². The Bertz CT molecular complexity index is 315. The van der Waals surface area contributed by atoms with Crippen LogP contribution in [0.1, 0.15) is 53.9 Å². The minimum atomic E-state index is -3.41. The number of hydrogen-bond acceptors (Lipinski definition) is 8. The maximum Gasteiger partial charge on any atom is 0.683 e. The highest BCUT2D eigenvalue weighted by Gasteiger charge is 2.53. The van der Waals surface area contributed by atoms with Crippen molar-refractivity contribution < 1.29 is 27.2 Å². The number of ether oxygens (including phenoxy) is 2. The molecule has 0 heterocycles. The van der Waals surface area contributed by atoms with Gasteiger partial charge in [0, 0.05) is 39.5 Å². The Morgan fingerprint density at radius 3 is 1.62 bits per heavy atom. The highest BCUT2D eigenvalue weighted by atomic mass is 28.4. The topological polar surface area (TPSA) is 107 Å². The molecular weight excluding hydrogens is 356 g/mol. The molecule has 26 heavy (non-hydrogen) atoms. The maximum atomic E-state index is 6.26. The van der Waals surface area contributed by atoms with E-state index in [4.69, 9.17) is 38.6 Å². The summed E-state index contributed by atoms with van der Waals surface area (Å²) in [6.45, 7) is 12.6. The van der Waals surface area contributed by atoms with Gasteiger partial charge in [-0.1, -0.05) is 0 Å². The van der Waals surface area contributed by atoms with E-state index in [-0.39, 0.29) is 5.92 Å². The molecule has 0 spiro atoms. The molecule has 0 radical (unpaired) electrons. The van der Waals surface area contributed by atoms with Crippen molar-refractivity contribution in [3.8, 4) is 0 Å². The molecule has 8 nitrogen and oxygen atoms in total. The van der Waals surface area contributed by atoms with Crippen LogP contribution in [0.3, 0.4) is 0 Å². The van der Waals surface area contributed by atoms with Gasteiger partial charge in [-0.05, 0) is 66.5 Å². The zero-order chi connectivity index (χ0) is 19.9. The minimum absolute atomic E-state index is 0.270. The van der Waals surface area contributed by atoms with Gasteiger partial charge in [0.15, 0.2) is 0 Å². The Morgan fingerprint density at radius 1 is 0.769 bits per heavy atom. The molecule has 1 unspecified atom stereocenters. The van der Waals surface area contributed by atoms with Crippen molar-refractivity contribution in [3.05, 3.63) is 0 Å². The maximum absolute atomic E-state index is 6.26. The number of hydrogen-bond donors (Lipinski definition) is 2. The van der Waals surface area contributed by atoms with Crippen molar-refractivity contribution in [2.75, 3.05) is 46.1 Å². The Labute approximate surface area is 160 Å². The molecule has 0 rings (SSSR count). The van der Waals surface area contributed by atoms with E-state index < -0.39 is 15.0 Å². The van der Waals surface area contributed by atoms with Crippen molar-refractivity contribution in [1.82, 2.24) is 0 Å². The van der Waals surface area contributed by atoms with Gasteiger partial charge in [0.05, 0.1) is 0 Å². The Balaban J connectivity index is 5.49. The van der Waals surface area contributed by atoms with Crippen LogP contribution in [0.25, 0.3) is 0 Å². The van der Waals surface area contributed by atoms with Gasteiger partial charge in [-0.15, -0.1) is 0 Å². The lowest BCUT2D eigenvalue weighted by Crippen LogP contribution is -2.57. The first-order chi connectivity index (χ1) is 12.5. The molecular formula is C17H40N2O6Si. The van der Waals surface area contributed by atoms with Crippen LogP contribution < -0.4 is 11.5 Å². The van der Waals surface area contributed by atoms with E-state index in [1.165, 1.54) is 0 Å². The first kappa shape index (κ1) is 25.9. The third-order valence-corrected chi connectivity index (χ3v) is 6.23. The highest BCUT2D eigenvalue weighted by Crippen LogP contribution is 2.30. The van der Waals surface area contributed by atoms with E-state index in [9.17, 15) is 0 Å². The van der Waals surface area contributed by atoms with Gasteiger partial charge in [0.2, 0.25) is 0 Å². The predicted molar refractivity (Wildman–Crippen MR) is 103 cm³/mol. The lowest BCUT2D eigenvalue weighted by atomic mass is 9.99. The summed E-state index contributed by atoms with van der Waals surface area (Å²) in [5.41, 5.74) is 11.5. The molecule has 0 aliphatic carbocycles. The Kier molecular flexibility index (Phi) is 14.8. The molecule has 0 saturated carbocycles. The molecule has 0 aromatic carbocycles. The third-order valence-electron chi connectivity index (χ3n) is 3.74. The zero-order valence-electron chi connectivity index (χ0n) is 17.3. The molecule has 1 atom stereocenters. The highest BCUT2D eigenvalue weighted by molar-refractivity contribution is 6.53. The van der Waals surface area contributed by atoms with Crippen molar-refractivity contribution in [2.24, 2.45) is 17.4 Å². The van der Waals surface area contributed by atoms with Crippen LogP contribution in [-0.4, -0.2) is 61.1 Å². The van der Waals surface area contributed by atoms with Gasteiger partial charge < -0.3 is 34.2 Å². The molecule has 9 heteroatoms. The Morgan fingerprint density at radius 2 is 1.27 bits per heavy atom. The first-order valence-electron chi connectivity index (χ1n) is 9.80. The molecule has 0 aliphatic rings. The smallest absolute Gasteiger partial charge is 0.351 e. The zero-order valence-corrected chi connectivity index (χ0v) is 18.3. The fourth-order valence-electron chi connectivity index (χ4n) is 2.67. The van der Waals surface area contributed by atoms with Crippen LogP contribution in [0.5, 0.6) is 0 Å². The van der Waals surface area contributed by atoms with Crippen LogP contribution in [0, 0.1) is 5.92 Å². The average Bonchev–Trinajstić information content (AvgIpc) is 2.60. The summed E-state index contributed by atoms with van der Waals surface area (Å²) < 4.78 is 35.5. The second-order valence-electron chi connectivity index (χ2n) is 5.67. The standard InChI is InChI=1S/C17H40N2O6Si/c1-6-20-17(21-7-2,13-11-16(15-19)12-14-18)25-26(22-8-3,23-9-4)24-10-5/h16H,6-15,18-19H2,1-5H3. The summed E-state index contributed by atoms with van der Waals surface area (Å²) in [4.78, 5) is 0. The number of nitrogens with two attached hydrogens (primary N) is 2. The molecule has 158 valence electrons. The van der Waals surface area contributed by atoms with Crippen molar-refractivity contribution in [3.63, 3.8) is 0 Å².